The van der Waals surface area contributed by atoms with Gasteiger partial charge < -0.3 is 5.32 Å². The SMILES string of the molecule is CNC(Cc1nc(C)c(C)s1)Cc1ccc(Cl)cc1Cl. The zero-order valence-corrected chi connectivity index (χ0v) is 14.2. The van der Waals surface area contributed by atoms with Crippen LogP contribution < -0.4 is 5.32 Å². The number of benzene rings is 1. The van der Waals surface area contributed by atoms with Crippen LogP contribution in [0.4, 0.5) is 0 Å². The first-order chi connectivity index (χ1) is 9.49. The van der Waals surface area contributed by atoms with Crippen molar-refractivity contribution in [2.45, 2.75) is 32.7 Å². The summed E-state index contributed by atoms with van der Waals surface area (Å²) in [4.78, 5) is 5.89. The van der Waals surface area contributed by atoms with E-state index in [0.717, 1.165) is 29.1 Å². The fourth-order valence-electron chi connectivity index (χ4n) is 2.07. The standard InChI is InChI=1S/C15H18Cl2N2S/c1-9-10(2)20-15(19-9)8-13(18-3)6-11-4-5-12(16)7-14(11)17/h4-5,7,13,18H,6,8H2,1-3H3. The van der Waals surface area contributed by atoms with Gasteiger partial charge in [0.1, 0.15) is 0 Å². The molecule has 1 aromatic carbocycles. The lowest BCUT2D eigenvalue weighted by atomic mass is 10.0. The van der Waals surface area contributed by atoms with E-state index in [1.165, 1.54) is 9.88 Å². The molecule has 0 radical (unpaired) electrons. The zero-order valence-electron chi connectivity index (χ0n) is 11.8. The highest BCUT2D eigenvalue weighted by molar-refractivity contribution is 7.11. The molecule has 2 aromatic rings. The molecule has 108 valence electrons. The second kappa shape index (κ2) is 6.90. The Morgan fingerprint density at radius 2 is 2.00 bits per heavy atom. The molecule has 2 nitrogen and oxygen atoms in total. The van der Waals surface area contributed by atoms with Crippen LogP contribution in [-0.2, 0) is 12.8 Å². The van der Waals surface area contributed by atoms with Crippen LogP contribution >= 0.6 is 34.5 Å². The smallest absolute Gasteiger partial charge is 0.0946 e. The Labute approximate surface area is 134 Å². The van der Waals surface area contributed by atoms with Crippen molar-refractivity contribution in [2.24, 2.45) is 0 Å². The van der Waals surface area contributed by atoms with E-state index in [-0.39, 0.29) is 0 Å². The molecule has 0 aliphatic carbocycles. The van der Waals surface area contributed by atoms with Gasteiger partial charge in [0.15, 0.2) is 0 Å². The van der Waals surface area contributed by atoms with Gasteiger partial charge in [-0.1, -0.05) is 29.3 Å². The quantitative estimate of drug-likeness (QED) is 0.877. The van der Waals surface area contributed by atoms with E-state index >= 15 is 0 Å². The molecule has 0 fully saturated rings. The molecule has 2 rings (SSSR count). The number of thiazole rings is 1. The highest BCUT2D eigenvalue weighted by Gasteiger charge is 2.14. The van der Waals surface area contributed by atoms with Gasteiger partial charge in [0, 0.05) is 27.4 Å². The number of halogens is 2. The predicted molar refractivity (Wildman–Crippen MR) is 88.3 cm³/mol. The van der Waals surface area contributed by atoms with Crippen LogP contribution in [0.3, 0.4) is 0 Å². The lowest BCUT2D eigenvalue weighted by Gasteiger charge is -2.16. The summed E-state index contributed by atoms with van der Waals surface area (Å²) in [5, 5.41) is 5.91. The van der Waals surface area contributed by atoms with Crippen LogP contribution in [0.1, 0.15) is 21.1 Å². The third kappa shape index (κ3) is 3.95. The van der Waals surface area contributed by atoms with Crippen molar-refractivity contribution in [1.29, 1.82) is 0 Å². The molecule has 0 saturated heterocycles. The molecule has 1 heterocycles. The predicted octanol–water partition coefficient (Wildman–Crippen LogP) is 4.44. The molecule has 20 heavy (non-hydrogen) atoms. The van der Waals surface area contributed by atoms with Gasteiger partial charge in [-0.15, -0.1) is 11.3 Å². The summed E-state index contributed by atoms with van der Waals surface area (Å²) in [7, 11) is 1.97. The van der Waals surface area contributed by atoms with E-state index < -0.39 is 0 Å². The van der Waals surface area contributed by atoms with Crippen molar-refractivity contribution in [3.63, 3.8) is 0 Å². The maximum absolute atomic E-state index is 6.24. The van der Waals surface area contributed by atoms with Crippen molar-refractivity contribution in [2.75, 3.05) is 7.05 Å². The molecular formula is C15H18Cl2N2S. The minimum Gasteiger partial charge on any atom is -0.316 e. The molecule has 1 unspecified atom stereocenters. The Hall–Kier alpha value is -0.610. The van der Waals surface area contributed by atoms with Gasteiger partial charge in [0.25, 0.3) is 0 Å². The van der Waals surface area contributed by atoms with Crippen LogP contribution in [0.5, 0.6) is 0 Å². The summed E-state index contributed by atoms with van der Waals surface area (Å²) in [6, 6.07) is 5.99. The summed E-state index contributed by atoms with van der Waals surface area (Å²) in [5.41, 5.74) is 2.24. The number of nitrogens with zero attached hydrogens (tertiary/aromatic N) is 1. The fourth-order valence-corrected chi connectivity index (χ4v) is 3.57. The fraction of sp³-hybridized carbons (Fsp3) is 0.400. The van der Waals surface area contributed by atoms with E-state index in [0.29, 0.717) is 11.1 Å². The first-order valence-corrected chi connectivity index (χ1v) is 8.11. The van der Waals surface area contributed by atoms with Crippen molar-refractivity contribution in [3.8, 4) is 0 Å². The maximum atomic E-state index is 6.24. The second-order valence-corrected chi connectivity index (χ2v) is 7.01. The number of hydrogen-bond donors (Lipinski definition) is 1. The van der Waals surface area contributed by atoms with Gasteiger partial charge in [-0.25, -0.2) is 4.98 Å². The van der Waals surface area contributed by atoms with E-state index in [1.54, 1.807) is 17.4 Å². The summed E-state index contributed by atoms with van der Waals surface area (Å²) < 4.78 is 0. The number of nitrogens with one attached hydrogen (secondary N) is 1. The number of aryl methyl sites for hydroxylation is 2. The maximum Gasteiger partial charge on any atom is 0.0946 e. The van der Waals surface area contributed by atoms with Gasteiger partial charge >= 0.3 is 0 Å². The third-order valence-electron chi connectivity index (χ3n) is 3.38. The lowest BCUT2D eigenvalue weighted by Crippen LogP contribution is -2.30. The summed E-state index contributed by atoms with van der Waals surface area (Å²) >= 11 is 13.9. The van der Waals surface area contributed by atoms with Crippen LogP contribution in [0, 0.1) is 13.8 Å². The Bertz CT molecular complexity index is 576. The lowest BCUT2D eigenvalue weighted by molar-refractivity contribution is 0.555. The minimum absolute atomic E-state index is 0.318. The summed E-state index contributed by atoms with van der Waals surface area (Å²) in [6.45, 7) is 4.17. The van der Waals surface area contributed by atoms with Gasteiger partial charge in [0.05, 0.1) is 10.7 Å². The molecule has 0 amide bonds. The van der Waals surface area contributed by atoms with E-state index in [9.17, 15) is 0 Å². The van der Waals surface area contributed by atoms with Crippen molar-refractivity contribution in [3.05, 3.63) is 49.4 Å². The Morgan fingerprint density at radius 1 is 1.25 bits per heavy atom. The molecule has 1 N–H and O–H groups in total. The van der Waals surface area contributed by atoms with Gasteiger partial charge in [0.2, 0.25) is 0 Å². The molecule has 0 spiro atoms. The van der Waals surface area contributed by atoms with Crippen LogP contribution in [0.2, 0.25) is 10.0 Å². The van der Waals surface area contributed by atoms with Crippen molar-refractivity contribution in [1.82, 2.24) is 10.3 Å². The van der Waals surface area contributed by atoms with E-state index in [1.807, 2.05) is 19.2 Å². The number of hydrogen-bond acceptors (Lipinski definition) is 3. The molecule has 0 aliphatic rings. The summed E-state index contributed by atoms with van der Waals surface area (Å²) in [5.74, 6) is 0. The van der Waals surface area contributed by atoms with Gasteiger partial charge in [-0.05, 0) is 45.0 Å². The Kier molecular flexibility index (Phi) is 5.44. The molecule has 0 aliphatic heterocycles. The monoisotopic (exact) mass is 328 g/mol. The molecular weight excluding hydrogens is 311 g/mol. The normalized spacial score (nSPS) is 12.7. The van der Waals surface area contributed by atoms with E-state index in [2.05, 4.69) is 24.1 Å². The Morgan fingerprint density at radius 3 is 2.55 bits per heavy atom. The highest BCUT2D eigenvalue weighted by atomic mass is 35.5. The van der Waals surface area contributed by atoms with Crippen molar-refractivity contribution < 1.29 is 0 Å². The molecule has 1 atom stereocenters. The average Bonchev–Trinajstić information content (AvgIpc) is 2.70. The van der Waals surface area contributed by atoms with E-state index in [4.69, 9.17) is 23.2 Å². The molecule has 1 aromatic heterocycles. The Balaban J connectivity index is 2.08. The first-order valence-electron chi connectivity index (χ1n) is 6.53. The molecule has 5 heteroatoms. The first kappa shape index (κ1) is 15.8. The van der Waals surface area contributed by atoms with Crippen LogP contribution in [0.25, 0.3) is 0 Å². The number of likely N-dealkylation sites (N-methyl/N-ethyl adjacent to an activating group) is 1. The van der Waals surface area contributed by atoms with Crippen molar-refractivity contribution >= 4 is 34.5 Å². The largest absolute Gasteiger partial charge is 0.316 e. The zero-order chi connectivity index (χ0) is 14.7. The number of aromatic nitrogens is 1. The molecule has 0 bridgehead atoms. The second-order valence-electron chi connectivity index (χ2n) is 4.88. The number of rotatable bonds is 5. The van der Waals surface area contributed by atoms with Gasteiger partial charge in [-0.2, -0.15) is 0 Å². The molecule has 0 saturated carbocycles. The van der Waals surface area contributed by atoms with Crippen LogP contribution in [-0.4, -0.2) is 18.1 Å². The van der Waals surface area contributed by atoms with Crippen LogP contribution in [0.15, 0.2) is 18.2 Å². The van der Waals surface area contributed by atoms with Gasteiger partial charge in [-0.3, -0.25) is 0 Å². The topological polar surface area (TPSA) is 24.9 Å². The minimum atomic E-state index is 0.318. The summed E-state index contributed by atoms with van der Waals surface area (Å²) in [6.07, 6.45) is 1.78. The average molecular weight is 329 g/mol. The third-order valence-corrected chi connectivity index (χ3v) is 5.07. The highest BCUT2D eigenvalue weighted by Crippen LogP contribution is 2.24.